The molecule has 25 heavy (non-hydrogen) atoms. The highest BCUT2D eigenvalue weighted by Gasteiger charge is 2.28. The second-order valence-electron chi connectivity index (χ2n) is 6.85. The van der Waals surface area contributed by atoms with Gasteiger partial charge in [0.1, 0.15) is 0 Å². The van der Waals surface area contributed by atoms with Crippen LogP contribution in [0.3, 0.4) is 0 Å². The van der Waals surface area contributed by atoms with E-state index in [4.69, 9.17) is 0 Å². The fraction of sp³-hybridized carbons (Fsp3) is 0.130. The van der Waals surface area contributed by atoms with Crippen molar-refractivity contribution in [2.45, 2.75) is 19.3 Å². The number of benzene rings is 3. The Bertz CT molecular complexity index is 1090. The van der Waals surface area contributed by atoms with E-state index in [-0.39, 0.29) is 0 Å². The van der Waals surface area contributed by atoms with Crippen molar-refractivity contribution in [3.05, 3.63) is 88.5 Å². The minimum absolute atomic E-state index is 0.527. The van der Waals surface area contributed by atoms with Gasteiger partial charge in [0.2, 0.25) is 0 Å². The molecule has 1 aliphatic carbocycles. The first kappa shape index (κ1) is 15.0. The second-order valence-corrected chi connectivity index (χ2v) is 7.76. The fourth-order valence-electron chi connectivity index (χ4n) is 4.24. The Morgan fingerprint density at radius 3 is 2.52 bits per heavy atom. The van der Waals surface area contributed by atoms with E-state index < -0.39 is 0 Å². The lowest BCUT2D eigenvalue weighted by atomic mass is 9.82. The van der Waals surface area contributed by atoms with Gasteiger partial charge in [-0.3, -0.25) is 0 Å². The van der Waals surface area contributed by atoms with Crippen molar-refractivity contribution in [2.24, 2.45) is 0 Å². The first-order valence-corrected chi connectivity index (χ1v) is 9.51. The van der Waals surface area contributed by atoms with Gasteiger partial charge in [-0.2, -0.15) is 0 Å². The smallest absolute Gasteiger partial charge is 0.0538 e. The van der Waals surface area contributed by atoms with Gasteiger partial charge in [-0.15, -0.1) is 0 Å². The molecule has 0 amide bonds. The van der Waals surface area contributed by atoms with Crippen LogP contribution in [0.1, 0.15) is 24.1 Å². The molecule has 0 saturated heterocycles. The molecule has 4 aromatic rings. The zero-order valence-corrected chi connectivity index (χ0v) is 15.6. The van der Waals surface area contributed by atoms with Crippen molar-refractivity contribution in [1.29, 1.82) is 0 Å². The topological polar surface area (TPSA) is 4.93 Å². The average molecular weight is 388 g/mol. The molecule has 0 N–H and O–H groups in total. The van der Waals surface area contributed by atoms with Gasteiger partial charge in [0.25, 0.3) is 0 Å². The van der Waals surface area contributed by atoms with E-state index in [2.05, 4.69) is 100 Å². The molecule has 1 heterocycles. The van der Waals surface area contributed by atoms with Crippen molar-refractivity contribution in [3.63, 3.8) is 0 Å². The van der Waals surface area contributed by atoms with E-state index in [1.54, 1.807) is 0 Å². The highest BCUT2D eigenvalue weighted by atomic mass is 79.9. The Balaban J connectivity index is 1.94. The summed E-state index contributed by atoms with van der Waals surface area (Å²) in [6, 6.07) is 26.2. The van der Waals surface area contributed by atoms with Gasteiger partial charge in [0.05, 0.1) is 5.52 Å². The van der Waals surface area contributed by atoms with E-state index in [0.717, 1.165) is 10.9 Å². The fourth-order valence-corrected chi connectivity index (χ4v) is 4.60. The van der Waals surface area contributed by atoms with Crippen LogP contribution in [-0.4, -0.2) is 4.57 Å². The largest absolute Gasteiger partial charge is 0.313 e. The monoisotopic (exact) mass is 387 g/mol. The third-order valence-electron chi connectivity index (χ3n) is 5.30. The van der Waals surface area contributed by atoms with Crippen molar-refractivity contribution < 1.29 is 0 Å². The van der Waals surface area contributed by atoms with Gasteiger partial charge >= 0.3 is 0 Å². The zero-order valence-electron chi connectivity index (χ0n) is 14.0. The lowest BCUT2D eigenvalue weighted by Crippen LogP contribution is -2.11. The summed E-state index contributed by atoms with van der Waals surface area (Å²) in [5.74, 6) is 0.527. The van der Waals surface area contributed by atoms with Gasteiger partial charge in [0.15, 0.2) is 0 Å². The number of nitrogens with zero attached hydrogens (tertiary/aromatic N) is 1. The quantitative estimate of drug-likeness (QED) is 0.341. The Labute approximate surface area is 156 Å². The van der Waals surface area contributed by atoms with Crippen LogP contribution in [0, 0.1) is 0 Å². The van der Waals surface area contributed by atoms with Gasteiger partial charge in [-0.25, -0.2) is 0 Å². The second kappa shape index (κ2) is 5.60. The number of hydrogen-bond acceptors (Lipinski definition) is 0. The number of hydrogen-bond donors (Lipinski definition) is 0. The summed E-state index contributed by atoms with van der Waals surface area (Å²) in [4.78, 5) is 0. The molecular formula is C23H18BrN. The van der Waals surface area contributed by atoms with Crippen molar-refractivity contribution in [1.82, 2.24) is 4.57 Å². The molecule has 0 fully saturated rings. The summed E-state index contributed by atoms with van der Waals surface area (Å²) in [6.07, 6.45) is 1.06. The molecular weight excluding hydrogens is 370 g/mol. The van der Waals surface area contributed by atoms with Crippen molar-refractivity contribution >= 4 is 26.8 Å². The number of fused-ring (bicyclic) bond motifs is 5. The van der Waals surface area contributed by atoms with E-state index in [9.17, 15) is 0 Å². The maximum Gasteiger partial charge on any atom is 0.0538 e. The van der Waals surface area contributed by atoms with Crippen molar-refractivity contribution in [3.8, 4) is 16.8 Å². The summed E-state index contributed by atoms with van der Waals surface area (Å²) < 4.78 is 3.58. The minimum Gasteiger partial charge on any atom is -0.313 e. The molecule has 3 aromatic carbocycles. The summed E-state index contributed by atoms with van der Waals surface area (Å²) in [5, 5.41) is 1.33. The molecule has 1 aromatic heterocycles. The van der Waals surface area contributed by atoms with E-state index in [1.165, 1.54) is 39.0 Å². The molecule has 0 spiro atoms. The van der Waals surface area contributed by atoms with E-state index >= 15 is 0 Å². The molecule has 1 nitrogen and oxygen atoms in total. The van der Waals surface area contributed by atoms with Crippen LogP contribution in [-0.2, 0) is 6.42 Å². The van der Waals surface area contributed by atoms with E-state index in [1.807, 2.05) is 0 Å². The zero-order chi connectivity index (χ0) is 17.0. The third-order valence-corrected chi connectivity index (χ3v) is 5.80. The Kier molecular flexibility index (Phi) is 3.36. The Morgan fingerprint density at radius 2 is 1.68 bits per heavy atom. The molecule has 1 unspecified atom stereocenters. The lowest BCUT2D eigenvalue weighted by Gasteiger charge is -2.25. The van der Waals surface area contributed by atoms with Crippen LogP contribution in [0.5, 0.6) is 0 Å². The van der Waals surface area contributed by atoms with Gasteiger partial charge in [0, 0.05) is 26.8 Å². The van der Waals surface area contributed by atoms with Crippen LogP contribution in [0.25, 0.3) is 27.7 Å². The van der Waals surface area contributed by atoms with Gasteiger partial charge < -0.3 is 4.57 Å². The van der Waals surface area contributed by atoms with Crippen LogP contribution in [0.4, 0.5) is 0 Å². The summed E-state index contributed by atoms with van der Waals surface area (Å²) in [7, 11) is 0. The molecule has 5 rings (SSSR count). The standard InChI is InChI=1S/C23H18BrN/c1-15-13-22-23(19-10-6-5-9-18(15)19)20-14-16(24)11-12-21(20)25(22)17-7-3-2-4-8-17/h2-12,14-15H,13H2,1H3. The summed E-state index contributed by atoms with van der Waals surface area (Å²) in [6.45, 7) is 2.34. The van der Waals surface area contributed by atoms with Crippen molar-refractivity contribution in [2.75, 3.05) is 0 Å². The molecule has 0 bridgehead atoms. The maximum absolute atomic E-state index is 3.67. The third kappa shape index (κ3) is 2.21. The number of para-hydroxylation sites is 1. The van der Waals surface area contributed by atoms with Gasteiger partial charge in [-0.1, -0.05) is 65.3 Å². The average Bonchev–Trinajstić information content (AvgIpc) is 2.96. The predicted octanol–water partition coefficient (Wildman–Crippen LogP) is 6.72. The molecule has 122 valence electrons. The number of rotatable bonds is 1. The molecule has 2 heteroatoms. The number of aromatic nitrogens is 1. The van der Waals surface area contributed by atoms with Crippen LogP contribution in [0.2, 0.25) is 0 Å². The minimum atomic E-state index is 0.527. The molecule has 1 aliphatic rings. The molecule has 0 radical (unpaired) electrons. The summed E-state index contributed by atoms with van der Waals surface area (Å²) >= 11 is 3.67. The predicted molar refractivity (Wildman–Crippen MR) is 109 cm³/mol. The number of halogens is 1. The Morgan fingerprint density at radius 1 is 0.920 bits per heavy atom. The van der Waals surface area contributed by atoms with Crippen LogP contribution >= 0.6 is 15.9 Å². The molecule has 1 atom stereocenters. The molecule has 0 aliphatic heterocycles. The Hall–Kier alpha value is -2.32. The van der Waals surface area contributed by atoms with Crippen LogP contribution < -0.4 is 0 Å². The maximum atomic E-state index is 3.67. The molecule has 0 saturated carbocycles. The normalized spacial score (nSPS) is 15.8. The van der Waals surface area contributed by atoms with E-state index in [0.29, 0.717) is 5.92 Å². The highest BCUT2D eigenvalue weighted by Crippen LogP contribution is 2.46. The SMILES string of the molecule is CC1Cc2c(c3cc(Br)ccc3n2-c2ccccc2)-c2ccccc21. The highest BCUT2D eigenvalue weighted by molar-refractivity contribution is 9.10. The lowest BCUT2D eigenvalue weighted by molar-refractivity contribution is 0.720. The van der Waals surface area contributed by atoms with Crippen LogP contribution in [0.15, 0.2) is 77.3 Å². The first-order valence-electron chi connectivity index (χ1n) is 8.71. The summed E-state index contributed by atoms with van der Waals surface area (Å²) in [5.41, 5.74) is 8.18. The van der Waals surface area contributed by atoms with Gasteiger partial charge in [-0.05, 0) is 53.8 Å². The first-order chi connectivity index (χ1) is 12.2.